The molecule has 2 unspecified atom stereocenters. The minimum atomic E-state index is -2.02. The average molecular weight is 304 g/mol. The molecule has 0 aromatic heterocycles. The molecule has 14 heavy (non-hydrogen) atoms. The Morgan fingerprint density at radius 1 is 1.43 bits per heavy atom. The Kier molecular flexibility index (Phi) is 8.63. The molecule has 86 valence electrons. The molecule has 0 saturated heterocycles. The van der Waals surface area contributed by atoms with Crippen molar-refractivity contribution in [3.05, 3.63) is 0 Å². The van der Waals surface area contributed by atoms with Crippen molar-refractivity contribution >= 4 is 36.1 Å². The fourth-order valence-corrected chi connectivity index (χ4v) is 5.60. The van der Waals surface area contributed by atoms with E-state index in [4.69, 9.17) is 20.5 Å². The van der Waals surface area contributed by atoms with Crippen LogP contribution in [0.4, 0.5) is 0 Å². The first-order chi connectivity index (χ1) is 6.60. The van der Waals surface area contributed by atoms with Crippen molar-refractivity contribution < 1.29 is 8.85 Å². The van der Waals surface area contributed by atoms with Crippen LogP contribution in [0.1, 0.15) is 27.2 Å². The monoisotopic (exact) mass is 302 g/mol. The van der Waals surface area contributed by atoms with Crippen LogP contribution in [0.15, 0.2) is 0 Å². The van der Waals surface area contributed by atoms with Gasteiger partial charge in [0.2, 0.25) is 0 Å². The van der Waals surface area contributed by atoms with Crippen molar-refractivity contribution in [2.45, 2.75) is 44.8 Å². The molecule has 0 aliphatic carbocycles. The Labute approximate surface area is 102 Å². The highest BCUT2D eigenvalue weighted by Crippen LogP contribution is 2.24. The summed E-state index contributed by atoms with van der Waals surface area (Å²) in [6, 6.07) is 1.98. The average Bonchev–Trinajstić information content (AvgIpc) is 2.14. The van der Waals surface area contributed by atoms with Crippen LogP contribution in [-0.2, 0) is 8.85 Å². The van der Waals surface area contributed by atoms with E-state index in [1.54, 1.807) is 0 Å². The van der Waals surface area contributed by atoms with Crippen LogP contribution in [-0.4, -0.2) is 26.1 Å². The van der Waals surface area contributed by atoms with Crippen molar-refractivity contribution in [3.8, 4) is 0 Å². The third-order valence-corrected chi connectivity index (χ3v) is 6.60. The summed E-state index contributed by atoms with van der Waals surface area (Å²) in [5.41, 5.74) is -0.247. The molecule has 0 fully saturated rings. The molecular weight excluding hydrogens is 284 g/mol. The van der Waals surface area contributed by atoms with Crippen LogP contribution >= 0.6 is 27.5 Å². The smallest absolute Gasteiger partial charge is 0.339 e. The van der Waals surface area contributed by atoms with Gasteiger partial charge in [-0.15, -0.1) is 0 Å². The van der Waals surface area contributed by atoms with E-state index in [0.717, 1.165) is 23.8 Å². The van der Waals surface area contributed by atoms with E-state index in [2.05, 4.69) is 22.9 Å². The number of hydrogen-bond donors (Lipinski definition) is 0. The highest BCUT2D eigenvalue weighted by molar-refractivity contribution is 9.09. The van der Waals surface area contributed by atoms with Crippen molar-refractivity contribution in [2.24, 2.45) is 0 Å². The van der Waals surface area contributed by atoms with E-state index in [0.29, 0.717) is 6.61 Å². The molecule has 0 bridgehead atoms. The normalized spacial score (nSPS) is 17.8. The number of alkyl halides is 2. The molecule has 0 saturated carbocycles. The van der Waals surface area contributed by atoms with Crippen LogP contribution < -0.4 is 0 Å². The lowest BCUT2D eigenvalue weighted by atomic mass is 10.6. The molecule has 0 N–H and O–H groups in total. The zero-order valence-electron chi connectivity index (χ0n) is 9.19. The van der Waals surface area contributed by atoms with Gasteiger partial charge >= 0.3 is 8.56 Å². The summed E-state index contributed by atoms with van der Waals surface area (Å²) in [6.45, 7) is 6.70. The highest BCUT2D eigenvalue weighted by Gasteiger charge is 2.35. The maximum atomic E-state index is 5.88. The zero-order chi connectivity index (χ0) is 11.0. The standard InChI is InChI=1S/C9H20BrClO2Si/c1-4-12-14(5-2,8-6-7-10)13-9(3)11/h9H,4-8H2,1-3H3. The van der Waals surface area contributed by atoms with Crippen molar-refractivity contribution in [3.63, 3.8) is 0 Å². The summed E-state index contributed by atoms with van der Waals surface area (Å²) in [6.07, 6.45) is 1.09. The third kappa shape index (κ3) is 5.71. The Morgan fingerprint density at radius 3 is 2.43 bits per heavy atom. The second-order valence-corrected chi connectivity index (χ2v) is 8.11. The highest BCUT2D eigenvalue weighted by atomic mass is 79.9. The van der Waals surface area contributed by atoms with Gasteiger partial charge in [-0.2, -0.15) is 0 Å². The SMILES string of the molecule is CCO[Si](CC)(CCCBr)OC(C)Cl. The van der Waals surface area contributed by atoms with Gasteiger partial charge in [-0.1, -0.05) is 34.5 Å². The Morgan fingerprint density at radius 2 is 2.07 bits per heavy atom. The van der Waals surface area contributed by atoms with Gasteiger partial charge in [-0.05, 0) is 32.4 Å². The first-order valence-corrected chi connectivity index (χ1v) is 8.91. The first kappa shape index (κ1) is 14.9. The largest absolute Gasteiger partial charge is 0.394 e. The van der Waals surface area contributed by atoms with Gasteiger partial charge in [0.25, 0.3) is 0 Å². The summed E-state index contributed by atoms with van der Waals surface area (Å²) in [4.78, 5) is 0. The molecule has 0 radical (unpaired) electrons. The Bertz CT molecular complexity index is 149. The lowest BCUT2D eigenvalue weighted by Crippen LogP contribution is -2.43. The minimum Gasteiger partial charge on any atom is -0.394 e. The molecule has 0 aromatic carbocycles. The summed E-state index contributed by atoms with van der Waals surface area (Å²) in [7, 11) is -2.02. The fraction of sp³-hybridized carbons (Fsp3) is 1.00. The van der Waals surface area contributed by atoms with Gasteiger partial charge in [0, 0.05) is 11.9 Å². The van der Waals surface area contributed by atoms with Gasteiger partial charge in [0.05, 0.1) is 0 Å². The van der Waals surface area contributed by atoms with Gasteiger partial charge in [0.1, 0.15) is 5.56 Å². The summed E-state index contributed by atoms with van der Waals surface area (Å²) in [5, 5.41) is 0.995. The predicted molar refractivity (Wildman–Crippen MR) is 67.5 cm³/mol. The maximum Gasteiger partial charge on any atom is 0.339 e. The van der Waals surface area contributed by atoms with Gasteiger partial charge in [0.15, 0.2) is 0 Å². The van der Waals surface area contributed by atoms with Gasteiger partial charge < -0.3 is 8.85 Å². The first-order valence-electron chi connectivity index (χ1n) is 5.12. The van der Waals surface area contributed by atoms with Gasteiger partial charge in [-0.3, -0.25) is 0 Å². The molecule has 0 spiro atoms. The lowest BCUT2D eigenvalue weighted by molar-refractivity contribution is 0.166. The second kappa shape index (κ2) is 8.10. The fourth-order valence-electron chi connectivity index (χ4n) is 1.42. The van der Waals surface area contributed by atoms with Crippen LogP contribution in [0, 0.1) is 0 Å². The predicted octanol–water partition coefficient (Wildman–Crippen LogP) is 3.87. The molecule has 2 nitrogen and oxygen atoms in total. The zero-order valence-corrected chi connectivity index (χ0v) is 12.5. The molecule has 0 amide bonds. The molecule has 0 heterocycles. The molecule has 5 heteroatoms. The number of rotatable bonds is 8. The third-order valence-electron chi connectivity index (χ3n) is 2.01. The summed E-state index contributed by atoms with van der Waals surface area (Å²) >= 11 is 9.30. The second-order valence-electron chi connectivity index (χ2n) is 3.15. The molecule has 0 rings (SSSR count). The molecule has 2 atom stereocenters. The van der Waals surface area contributed by atoms with Gasteiger partial charge in [-0.25, -0.2) is 0 Å². The Balaban J connectivity index is 4.26. The Hall–Kier alpha value is 0.907. The van der Waals surface area contributed by atoms with E-state index in [1.807, 2.05) is 13.8 Å². The molecular formula is C9H20BrClO2Si. The van der Waals surface area contributed by atoms with E-state index in [9.17, 15) is 0 Å². The van der Waals surface area contributed by atoms with Crippen LogP contribution in [0.3, 0.4) is 0 Å². The number of hydrogen-bond acceptors (Lipinski definition) is 2. The molecule has 0 aliphatic heterocycles. The number of halogens is 2. The van der Waals surface area contributed by atoms with Crippen LogP contribution in [0.25, 0.3) is 0 Å². The van der Waals surface area contributed by atoms with E-state index < -0.39 is 8.56 Å². The van der Waals surface area contributed by atoms with Crippen molar-refractivity contribution in [1.29, 1.82) is 0 Å². The molecule has 0 aliphatic rings. The summed E-state index contributed by atoms with van der Waals surface area (Å²) < 4.78 is 11.6. The van der Waals surface area contributed by atoms with Crippen molar-refractivity contribution in [2.75, 3.05) is 11.9 Å². The molecule has 0 aromatic rings. The summed E-state index contributed by atoms with van der Waals surface area (Å²) in [5.74, 6) is 0. The minimum absolute atomic E-state index is 0.247. The van der Waals surface area contributed by atoms with Crippen LogP contribution in [0.2, 0.25) is 12.1 Å². The topological polar surface area (TPSA) is 18.5 Å². The van der Waals surface area contributed by atoms with E-state index in [1.165, 1.54) is 0 Å². The quantitative estimate of drug-likeness (QED) is 0.500. The van der Waals surface area contributed by atoms with E-state index in [-0.39, 0.29) is 5.56 Å². The van der Waals surface area contributed by atoms with Crippen molar-refractivity contribution in [1.82, 2.24) is 0 Å². The lowest BCUT2D eigenvalue weighted by Gasteiger charge is -2.30. The maximum absolute atomic E-state index is 5.88. The van der Waals surface area contributed by atoms with E-state index >= 15 is 0 Å². The van der Waals surface area contributed by atoms with Crippen LogP contribution in [0.5, 0.6) is 0 Å².